The molecule has 146 valence electrons. The molecule has 0 saturated heterocycles. The molecule has 3 aromatic carbocycles. The van der Waals surface area contributed by atoms with Gasteiger partial charge in [-0.1, -0.05) is 24.3 Å². The zero-order valence-corrected chi connectivity index (χ0v) is 16.1. The summed E-state index contributed by atoms with van der Waals surface area (Å²) in [6.07, 6.45) is 1.50. The van der Waals surface area contributed by atoms with Crippen LogP contribution in [-0.2, 0) is 0 Å². The first-order valence-corrected chi connectivity index (χ1v) is 8.92. The van der Waals surface area contributed by atoms with Gasteiger partial charge >= 0.3 is 5.97 Å². The number of nitrogens with zero attached hydrogens (tertiary/aromatic N) is 1. The molecule has 6 nitrogen and oxygen atoms in total. The predicted molar refractivity (Wildman–Crippen MR) is 111 cm³/mol. The van der Waals surface area contributed by atoms with E-state index in [9.17, 15) is 9.59 Å². The van der Waals surface area contributed by atoms with Crippen LogP contribution in [0, 0.1) is 6.92 Å². The number of rotatable bonds is 6. The average Bonchev–Trinajstić information content (AvgIpc) is 2.75. The number of methoxy groups -OCH3 is 1. The minimum absolute atomic E-state index is 0.344. The van der Waals surface area contributed by atoms with E-state index in [4.69, 9.17) is 9.47 Å². The minimum Gasteiger partial charge on any atom is -0.497 e. The second-order valence-corrected chi connectivity index (χ2v) is 6.20. The van der Waals surface area contributed by atoms with Crippen LogP contribution in [0.5, 0.6) is 11.5 Å². The number of hydrazone groups is 1. The summed E-state index contributed by atoms with van der Waals surface area (Å²) in [6.45, 7) is 1.86. The van der Waals surface area contributed by atoms with E-state index in [0.29, 0.717) is 22.6 Å². The number of nitrogens with one attached hydrogen (secondary N) is 1. The van der Waals surface area contributed by atoms with Gasteiger partial charge in [-0.3, -0.25) is 4.79 Å². The van der Waals surface area contributed by atoms with Gasteiger partial charge in [0, 0.05) is 5.56 Å². The van der Waals surface area contributed by atoms with Gasteiger partial charge < -0.3 is 9.47 Å². The Labute approximate surface area is 168 Å². The van der Waals surface area contributed by atoms with Crippen molar-refractivity contribution in [3.63, 3.8) is 0 Å². The number of aryl methyl sites for hydroxylation is 1. The van der Waals surface area contributed by atoms with Gasteiger partial charge in [-0.05, 0) is 66.6 Å². The third-order valence-corrected chi connectivity index (χ3v) is 4.17. The molecule has 0 aliphatic carbocycles. The van der Waals surface area contributed by atoms with Crippen molar-refractivity contribution in [2.24, 2.45) is 5.10 Å². The Kier molecular flexibility index (Phi) is 6.37. The van der Waals surface area contributed by atoms with Crippen molar-refractivity contribution in [2.75, 3.05) is 7.11 Å². The zero-order valence-electron chi connectivity index (χ0n) is 16.1. The maximum absolute atomic E-state index is 12.2. The summed E-state index contributed by atoms with van der Waals surface area (Å²) in [5.41, 5.74) is 5.03. The van der Waals surface area contributed by atoms with Gasteiger partial charge in [0.25, 0.3) is 5.91 Å². The number of hydrogen-bond donors (Lipinski definition) is 1. The topological polar surface area (TPSA) is 77.0 Å². The smallest absolute Gasteiger partial charge is 0.343 e. The quantitative estimate of drug-likeness (QED) is 0.300. The SMILES string of the molecule is COc1cccc(C(=O)N/N=C\c2ccc(OC(=O)c3ccccc3C)cc2)c1. The maximum atomic E-state index is 12.2. The molecule has 1 N–H and O–H groups in total. The van der Waals surface area contributed by atoms with Crippen LogP contribution in [-0.4, -0.2) is 25.2 Å². The third kappa shape index (κ3) is 5.29. The molecule has 0 atom stereocenters. The van der Waals surface area contributed by atoms with Gasteiger partial charge in [0.1, 0.15) is 11.5 Å². The lowest BCUT2D eigenvalue weighted by atomic mass is 10.1. The molecule has 0 heterocycles. The highest BCUT2D eigenvalue weighted by Gasteiger charge is 2.10. The molecule has 0 bridgehead atoms. The third-order valence-electron chi connectivity index (χ3n) is 4.17. The van der Waals surface area contributed by atoms with Crippen molar-refractivity contribution in [3.05, 3.63) is 95.1 Å². The number of amides is 1. The van der Waals surface area contributed by atoms with Crippen LogP contribution in [0.4, 0.5) is 0 Å². The summed E-state index contributed by atoms with van der Waals surface area (Å²) in [7, 11) is 1.54. The summed E-state index contributed by atoms with van der Waals surface area (Å²) in [4.78, 5) is 24.3. The van der Waals surface area contributed by atoms with Crippen LogP contribution < -0.4 is 14.9 Å². The fourth-order valence-electron chi connectivity index (χ4n) is 2.58. The summed E-state index contributed by atoms with van der Waals surface area (Å²) in [5.74, 6) is 0.271. The molecule has 3 aromatic rings. The zero-order chi connectivity index (χ0) is 20.6. The van der Waals surface area contributed by atoms with E-state index in [1.165, 1.54) is 13.3 Å². The molecule has 0 aliphatic heterocycles. The maximum Gasteiger partial charge on any atom is 0.343 e. The van der Waals surface area contributed by atoms with Crippen LogP contribution in [0.1, 0.15) is 31.8 Å². The van der Waals surface area contributed by atoms with E-state index >= 15 is 0 Å². The summed E-state index contributed by atoms with van der Waals surface area (Å²) >= 11 is 0. The van der Waals surface area contributed by atoms with Crippen molar-refractivity contribution in [1.29, 1.82) is 0 Å². The molecular weight excluding hydrogens is 368 g/mol. The molecular formula is C23H20N2O4. The van der Waals surface area contributed by atoms with Crippen molar-refractivity contribution >= 4 is 18.1 Å². The first kappa shape index (κ1) is 19.8. The highest BCUT2D eigenvalue weighted by atomic mass is 16.5. The monoisotopic (exact) mass is 388 g/mol. The Bertz CT molecular complexity index is 1040. The summed E-state index contributed by atoms with van der Waals surface area (Å²) < 4.78 is 10.5. The molecule has 6 heteroatoms. The molecule has 0 aromatic heterocycles. The molecule has 3 rings (SSSR count). The molecule has 0 saturated carbocycles. The number of hydrogen-bond acceptors (Lipinski definition) is 5. The van der Waals surface area contributed by atoms with Gasteiger partial charge in [-0.15, -0.1) is 0 Å². The number of carbonyl (C=O) groups is 2. The Morgan fingerprint density at radius 2 is 1.69 bits per heavy atom. The van der Waals surface area contributed by atoms with Crippen molar-refractivity contribution < 1.29 is 19.1 Å². The lowest BCUT2D eigenvalue weighted by Gasteiger charge is -2.06. The normalized spacial score (nSPS) is 10.6. The second-order valence-electron chi connectivity index (χ2n) is 6.20. The first-order chi connectivity index (χ1) is 14.1. The van der Waals surface area contributed by atoms with Crippen molar-refractivity contribution in [2.45, 2.75) is 6.92 Å². The Hall–Kier alpha value is -3.93. The average molecular weight is 388 g/mol. The van der Waals surface area contributed by atoms with Crippen LogP contribution in [0.25, 0.3) is 0 Å². The molecule has 29 heavy (non-hydrogen) atoms. The summed E-state index contributed by atoms with van der Waals surface area (Å²) in [6, 6.07) is 20.8. The van der Waals surface area contributed by atoms with Crippen LogP contribution in [0.2, 0.25) is 0 Å². The van der Waals surface area contributed by atoms with E-state index < -0.39 is 5.97 Å². The fourth-order valence-corrected chi connectivity index (χ4v) is 2.58. The van der Waals surface area contributed by atoms with Crippen molar-refractivity contribution in [3.8, 4) is 11.5 Å². The van der Waals surface area contributed by atoms with Gasteiger partial charge in [0.05, 0.1) is 18.9 Å². The molecule has 0 unspecified atom stereocenters. The highest BCUT2D eigenvalue weighted by molar-refractivity contribution is 5.95. The van der Waals surface area contributed by atoms with E-state index in [1.54, 1.807) is 60.7 Å². The Morgan fingerprint density at radius 1 is 0.931 bits per heavy atom. The number of carbonyl (C=O) groups excluding carboxylic acids is 2. The largest absolute Gasteiger partial charge is 0.497 e. The van der Waals surface area contributed by atoms with Gasteiger partial charge in [0.15, 0.2) is 0 Å². The first-order valence-electron chi connectivity index (χ1n) is 8.92. The van der Waals surface area contributed by atoms with E-state index in [-0.39, 0.29) is 5.91 Å². The highest BCUT2D eigenvalue weighted by Crippen LogP contribution is 2.16. The second kappa shape index (κ2) is 9.32. The lowest BCUT2D eigenvalue weighted by molar-refractivity contribution is 0.0733. The van der Waals surface area contributed by atoms with Crippen molar-refractivity contribution in [1.82, 2.24) is 5.43 Å². The molecule has 0 aliphatic rings. The summed E-state index contributed by atoms with van der Waals surface area (Å²) in [5, 5.41) is 3.95. The van der Waals surface area contributed by atoms with Gasteiger partial charge in [-0.25, -0.2) is 10.2 Å². The van der Waals surface area contributed by atoms with E-state index in [1.807, 2.05) is 19.1 Å². The van der Waals surface area contributed by atoms with Gasteiger partial charge in [-0.2, -0.15) is 5.10 Å². The molecule has 0 spiro atoms. The molecule has 0 fully saturated rings. The lowest BCUT2D eigenvalue weighted by Crippen LogP contribution is -2.17. The number of esters is 1. The molecule has 1 amide bonds. The standard InChI is InChI=1S/C23H20N2O4/c1-16-6-3-4-9-21(16)23(27)29-19-12-10-17(11-13-19)15-24-25-22(26)18-7-5-8-20(14-18)28-2/h3-15H,1-2H3,(H,25,26)/b24-15-. The minimum atomic E-state index is -0.407. The Morgan fingerprint density at radius 3 is 2.41 bits per heavy atom. The van der Waals surface area contributed by atoms with Crippen LogP contribution >= 0.6 is 0 Å². The van der Waals surface area contributed by atoms with Gasteiger partial charge in [0.2, 0.25) is 0 Å². The molecule has 0 radical (unpaired) electrons. The fraction of sp³-hybridized carbons (Fsp3) is 0.0870. The number of ether oxygens (including phenoxy) is 2. The number of benzene rings is 3. The predicted octanol–water partition coefficient (Wildman–Crippen LogP) is 3.99. The Balaban J connectivity index is 1.58. The van der Waals surface area contributed by atoms with Crippen LogP contribution in [0.15, 0.2) is 77.9 Å². The van der Waals surface area contributed by atoms with E-state index in [2.05, 4.69) is 10.5 Å². The van der Waals surface area contributed by atoms with E-state index in [0.717, 1.165) is 11.1 Å². The van der Waals surface area contributed by atoms with Crippen LogP contribution in [0.3, 0.4) is 0 Å².